The van der Waals surface area contributed by atoms with Crippen LogP contribution in [0.15, 0.2) is 24.3 Å². The summed E-state index contributed by atoms with van der Waals surface area (Å²) < 4.78 is 39.1. The molecule has 0 radical (unpaired) electrons. The van der Waals surface area contributed by atoms with E-state index >= 15 is 0 Å². The second-order valence-corrected chi connectivity index (χ2v) is 4.65. The third kappa shape index (κ3) is 2.86. The maximum atomic E-state index is 13.0. The molecule has 0 fully saturated rings. The van der Waals surface area contributed by atoms with E-state index in [1.165, 1.54) is 6.07 Å². The largest absolute Gasteiger partial charge is 0.418 e. The van der Waals surface area contributed by atoms with Gasteiger partial charge >= 0.3 is 6.18 Å². The van der Waals surface area contributed by atoms with Gasteiger partial charge in [0.15, 0.2) is 0 Å². The number of fused-ring (bicyclic) bond motifs is 1. The zero-order valence-corrected chi connectivity index (χ0v) is 11.5. The Bertz CT molecular complexity index is 606. The highest BCUT2D eigenvalue weighted by Gasteiger charge is 2.33. The number of aromatic nitrogens is 1. The van der Waals surface area contributed by atoms with Crippen LogP contribution in [0.1, 0.15) is 31.4 Å². The standard InChI is InChI=1S/C15H17F3N2/c1-3-6-11-9-10-7-5-8-12(15(16,17)18)13(10)20-14(11)19-4-2/h5,7-9H,3-4,6H2,1-2H3,(H,19,20). The first kappa shape index (κ1) is 14.6. The molecule has 0 unspecified atom stereocenters. The van der Waals surface area contributed by atoms with Gasteiger partial charge in [-0.2, -0.15) is 13.2 Å². The van der Waals surface area contributed by atoms with E-state index in [4.69, 9.17) is 0 Å². The predicted octanol–water partition coefficient (Wildman–Crippen LogP) is 4.64. The van der Waals surface area contributed by atoms with Gasteiger partial charge < -0.3 is 5.32 Å². The van der Waals surface area contributed by atoms with Gasteiger partial charge in [0.25, 0.3) is 0 Å². The Hall–Kier alpha value is -1.78. The number of rotatable bonds is 4. The van der Waals surface area contributed by atoms with Crippen LogP contribution in [0.25, 0.3) is 10.9 Å². The summed E-state index contributed by atoms with van der Waals surface area (Å²) in [6.07, 6.45) is -2.67. The van der Waals surface area contributed by atoms with E-state index in [-0.39, 0.29) is 5.52 Å². The number of nitrogens with zero attached hydrogens (tertiary/aromatic N) is 1. The summed E-state index contributed by atoms with van der Waals surface area (Å²) in [6.45, 7) is 4.56. The predicted molar refractivity (Wildman–Crippen MR) is 74.9 cm³/mol. The molecule has 1 aromatic heterocycles. The van der Waals surface area contributed by atoms with Crippen LogP contribution < -0.4 is 5.32 Å². The zero-order chi connectivity index (χ0) is 14.8. The first-order valence-electron chi connectivity index (χ1n) is 6.71. The summed E-state index contributed by atoms with van der Waals surface area (Å²) in [5.41, 5.74) is 0.286. The SMILES string of the molecule is CCCc1cc2cccc(C(F)(F)F)c2nc1NCC. The third-order valence-electron chi connectivity index (χ3n) is 3.09. The Labute approximate surface area is 116 Å². The van der Waals surface area contributed by atoms with Gasteiger partial charge in [0, 0.05) is 11.9 Å². The van der Waals surface area contributed by atoms with Gasteiger partial charge in [-0.25, -0.2) is 4.98 Å². The van der Waals surface area contributed by atoms with Gasteiger partial charge in [0.1, 0.15) is 5.82 Å². The van der Waals surface area contributed by atoms with Crippen LogP contribution in [-0.4, -0.2) is 11.5 Å². The van der Waals surface area contributed by atoms with E-state index in [0.29, 0.717) is 17.7 Å². The average Bonchev–Trinajstić information content (AvgIpc) is 2.38. The first-order valence-corrected chi connectivity index (χ1v) is 6.71. The molecular weight excluding hydrogens is 265 g/mol. The molecule has 1 aromatic carbocycles. The number of para-hydroxylation sites is 1. The zero-order valence-electron chi connectivity index (χ0n) is 11.5. The molecule has 20 heavy (non-hydrogen) atoms. The highest BCUT2D eigenvalue weighted by Crippen LogP contribution is 2.35. The van der Waals surface area contributed by atoms with Crippen molar-refractivity contribution >= 4 is 16.7 Å². The Balaban J connectivity index is 2.67. The molecule has 1 N–H and O–H groups in total. The monoisotopic (exact) mass is 282 g/mol. The topological polar surface area (TPSA) is 24.9 Å². The van der Waals surface area contributed by atoms with Crippen LogP contribution in [0.4, 0.5) is 19.0 Å². The van der Waals surface area contributed by atoms with Crippen molar-refractivity contribution < 1.29 is 13.2 Å². The van der Waals surface area contributed by atoms with Gasteiger partial charge in [-0.05, 0) is 31.0 Å². The Kier molecular flexibility index (Phi) is 4.16. The number of nitrogens with one attached hydrogen (secondary N) is 1. The molecule has 0 spiro atoms. The summed E-state index contributed by atoms with van der Waals surface area (Å²) >= 11 is 0. The van der Waals surface area contributed by atoms with Gasteiger partial charge in [-0.15, -0.1) is 0 Å². The summed E-state index contributed by atoms with van der Waals surface area (Å²) in [7, 11) is 0. The molecule has 2 nitrogen and oxygen atoms in total. The lowest BCUT2D eigenvalue weighted by atomic mass is 10.0. The lowest BCUT2D eigenvalue weighted by Crippen LogP contribution is -2.09. The summed E-state index contributed by atoms with van der Waals surface area (Å²) in [5, 5.41) is 3.59. The normalized spacial score (nSPS) is 11.8. The molecule has 108 valence electrons. The molecule has 2 rings (SSSR count). The highest BCUT2D eigenvalue weighted by atomic mass is 19.4. The van der Waals surface area contributed by atoms with E-state index in [1.54, 1.807) is 12.1 Å². The molecule has 0 atom stereocenters. The third-order valence-corrected chi connectivity index (χ3v) is 3.09. The molecule has 0 saturated carbocycles. The van der Waals surface area contributed by atoms with Crippen molar-refractivity contribution in [2.75, 3.05) is 11.9 Å². The lowest BCUT2D eigenvalue weighted by Gasteiger charge is -2.14. The second-order valence-electron chi connectivity index (χ2n) is 4.65. The van der Waals surface area contributed by atoms with Crippen molar-refractivity contribution in [3.63, 3.8) is 0 Å². The van der Waals surface area contributed by atoms with Crippen molar-refractivity contribution in [1.82, 2.24) is 4.98 Å². The maximum Gasteiger partial charge on any atom is 0.418 e. The minimum Gasteiger partial charge on any atom is -0.370 e. The van der Waals surface area contributed by atoms with E-state index in [0.717, 1.165) is 24.5 Å². The summed E-state index contributed by atoms with van der Waals surface area (Å²) in [4.78, 5) is 4.22. The molecule has 5 heteroatoms. The van der Waals surface area contributed by atoms with Crippen LogP contribution >= 0.6 is 0 Å². The first-order chi connectivity index (χ1) is 9.47. The van der Waals surface area contributed by atoms with Crippen molar-refractivity contribution in [2.45, 2.75) is 32.9 Å². The fourth-order valence-corrected chi connectivity index (χ4v) is 2.25. The van der Waals surface area contributed by atoms with Crippen LogP contribution in [-0.2, 0) is 12.6 Å². The quantitative estimate of drug-likeness (QED) is 0.883. The van der Waals surface area contributed by atoms with Gasteiger partial charge in [0.2, 0.25) is 0 Å². The summed E-state index contributed by atoms with van der Waals surface area (Å²) in [6, 6.07) is 5.98. The number of pyridine rings is 1. The smallest absolute Gasteiger partial charge is 0.370 e. The van der Waals surface area contributed by atoms with Crippen LogP contribution in [0.5, 0.6) is 0 Å². The molecule has 2 aromatic rings. The molecule has 1 heterocycles. The minimum absolute atomic E-state index is 0.0100. The van der Waals surface area contributed by atoms with E-state index in [1.807, 2.05) is 13.8 Å². The lowest BCUT2D eigenvalue weighted by molar-refractivity contribution is -0.136. The van der Waals surface area contributed by atoms with Crippen LogP contribution in [0.3, 0.4) is 0 Å². The molecule has 0 aliphatic heterocycles. The van der Waals surface area contributed by atoms with E-state index in [2.05, 4.69) is 10.3 Å². The molecule has 0 amide bonds. The van der Waals surface area contributed by atoms with Crippen molar-refractivity contribution in [1.29, 1.82) is 0 Å². The fourth-order valence-electron chi connectivity index (χ4n) is 2.25. The van der Waals surface area contributed by atoms with Gasteiger partial charge in [-0.3, -0.25) is 0 Å². The Morgan fingerprint density at radius 1 is 1.20 bits per heavy atom. The van der Waals surface area contributed by atoms with Crippen LogP contribution in [0.2, 0.25) is 0 Å². The Morgan fingerprint density at radius 3 is 2.55 bits per heavy atom. The maximum absolute atomic E-state index is 13.0. The van der Waals surface area contributed by atoms with E-state index in [9.17, 15) is 13.2 Å². The molecule has 0 bridgehead atoms. The molecule has 0 aliphatic rings. The number of halogens is 3. The van der Waals surface area contributed by atoms with Crippen molar-refractivity contribution in [3.8, 4) is 0 Å². The van der Waals surface area contributed by atoms with Crippen molar-refractivity contribution in [2.24, 2.45) is 0 Å². The number of alkyl halides is 3. The van der Waals surface area contributed by atoms with Gasteiger partial charge in [-0.1, -0.05) is 25.5 Å². The number of aryl methyl sites for hydroxylation is 1. The molecule has 0 aliphatic carbocycles. The van der Waals surface area contributed by atoms with E-state index < -0.39 is 11.7 Å². The van der Waals surface area contributed by atoms with Crippen LogP contribution in [0, 0.1) is 0 Å². The average molecular weight is 282 g/mol. The van der Waals surface area contributed by atoms with Gasteiger partial charge in [0.05, 0.1) is 11.1 Å². The number of benzene rings is 1. The molecular formula is C15H17F3N2. The number of anilines is 1. The van der Waals surface area contributed by atoms with Crippen molar-refractivity contribution in [3.05, 3.63) is 35.4 Å². The summed E-state index contributed by atoms with van der Waals surface area (Å²) in [5.74, 6) is 0.554. The minimum atomic E-state index is -4.39. The highest BCUT2D eigenvalue weighted by molar-refractivity contribution is 5.85. The molecule has 0 saturated heterocycles. The second kappa shape index (κ2) is 5.69. The fraction of sp³-hybridized carbons (Fsp3) is 0.400. The number of hydrogen-bond donors (Lipinski definition) is 1. The Morgan fingerprint density at radius 2 is 1.95 bits per heavy atom. The number of hydrogen-bond acceptors (Lipinski definition) is 2.